The minimum Gasteiger partial charge on any atom is -0.457 e. The summed E-state index contributed by atoms with van der Waals surface area (Å²) in [5, 5.41) is 8.15. The molecule has 0 aliphatic carbocycles. The normalized spacial score (nSPS) is 11.6. The second-order valence-electron chi connectivity index (χ2n) is 7.85. The molecule has 0 saturated heterocycles. The Hall–Kier alpha value is -3.48. The number of hydrogen-bond donors (Lipinski definition) is 0. The van der Waals surface area contributed by atoms with Crippen LogP contribution in [0.25, 0.3) is 22.5 Å². The molecule has 3 heterocycles. The molecule has 0 aliphatic heterocycles. The molecule has 4 aromatic rings. The van der Waals surface area contributed by atoms with Gasteiger partial charge in [-0.15, -0.1) is 0 Å². The van der Waals surface area contributed by atoms with Gasteiger partial charge in [0.1, 0.15) is 28.8 Å². The highest BCUT2D eigenvalue weighted by Crippen LogP contribution is 2.32. The Morgan fingerprint density at radius 2 is 1.83 bits per heavy atom. The molecule has 7 heteroatoms. The molecule has 0 amide bonds. The summed E-state index contributed by atoms with van der Waals surface area (Å²) in [7, 11) is 1.84. The molecular formula is C22H21FN4O2. The van der Waals surface area contributed by atoms with E-state index in [9.17, 15) is 4.39 Å². The molecule has 0 radical (unpaired) electrons. The van der Waals surface area contributed by atoms with E-state index < -0.39 is 5.82 Å². The first-order valence-corrected chi connectivity index (χ1v) is 9.20. The lowest BCUT2D eigenvalue weighted by molar-refractivity contribution is 0.330. The molecule has 29 heavy (non-hydrogen) atoms. The van der Waals surface area contributed by atoms with Gasteiger partial charge in [0.05, 0.1) is 11.9 Å². The Bertz CT molecular complexity index is 1160. The molecule has 3 aromatic heterocycles. The number of aromatic nitrogens is 4. The van der Waals surface area contributed by atoms with Crippen molar-refractivity contribution in [2.45, 2.75) is 26.2 Å². The predicted molar refractivity (Wildman–Crippen MR) is 107 cm³/mol. The Morgan fingerprint density at radius 3 is 2.48 bits per heavy atom. The molecule has 0 aliphatic rings. The van der Waals surface area contributed by atoms with E-state index in [1.807, 2.05) is 34.0 Å². The van der Waals surface area contributed by atoms with Crippen LogP contribution in [0.4, 0.5) is 4.39 Å². The first-order chi connectivity index (χ1) is 13.8. The molecule has 1 aromatic carbocycles. The fourth-order valence-electron chi connectivity index (χ4n) is 2.84. The van der Waals surface area contributed by atoms with Gasteiger partial charge in [-0.3, -0.25) is 9.67 Å². The number of aryl methyl sites for hydroxylation is 1. The molecule has 0 atom stereocenters. The summed E-state index contributed by atoms with van der Waals surface area (Å²) in [6, 6.07) is 9.95. The average molecular weight is 392 g/mol. The van der Waals surface area contributed by atoms with Gasteiger partial charge in [-0.1, -0.05) is 25.9 Å². The second-order valence-corrected chi connectivity index (χ2v) is 7.85. The molecule has 4 rings (SSSR count). The molecule has 148 valence electrons. The van der Waals surface area contributed by atoms with Gasteiger partial charge in [0.25, 0.3) is 0 Å². The maximum absolute atomic E-state index is 14.7. The van der Waals surface area contributed by atoms with Crippen molar-refractivity contribution in [2.75, 3.05) is 0 Å². The third-order valence-electron chi connectivity index (χ3n) is 4.43. The van der Waals surface area contributed by atoms with E-state index in [4.69, 9.17) is 9.26 Å². The summed E-state index contributed by atoms with van der Waals surface area (Å²) < 4.78 is 27.6. The minimum absolute atomic E-state index is 0.196. The van der Waals surface area contributed by atoms with Crippen LogP contribution in [-0.4, -0.2) is 19.9 Å². The molecule has 0 saturated carbocycles. The first-order valence-electron chi connectivity index (χ1n) is 9.20. The lowest BCUT2D eigenvalue weighted by Gasteiger charge is -2.12. The van der Waals surface area contributed by atoms with Gasteiger partial charge in [-0.2, -0.15) is 5.10 Å². The number of ether oxygens (including phenoxy) is 1. The van der Waals surface area contributed by atoms with E-state index in [1.165, 1.54) is 6.07 Å². The Morgan fingerprint density at radius 1 is 1.03 bits per heavy atom. The van der Waals surface area contributed by atoms with E-state index in [-0.39, 0.29) is 5.41 Å². The van der Waals surface area contributed by atoms with E-state index >= 15 is 0 Å². The smallest absolute Gasteiger partial charge is 0.142 e. The van der Waals surface area contributed by atoms with Crippen LogP contribution in [0.3, 0.4) is 0 Å². The highest BCUT2D eigenvalue weighted by atomic mass is 19.1. The number of rotatable bonds is 4. The fourth-order valence-corrected chi connectivity index (χ4v) is 2.84. The number of halogens is 1. The van der Waals surface area contributed by atoms with E-state index in [0.29, 0.717) is 28.5 Å². The SMILES string of the molecule is Cn1cc(-c2cc(Oc3ccc(-c4cc(C(C)(C)C)on4)c(F)c3)ccn2)cn1. The summed E-state index contributed by atoms with van der Waals surface area (Å²) in [6.07, 6.45) is 5.24. The van der Waals surface area contributed by atoms with Crippen molar-refractivity contribution in [2.24, 2.45) is 7.05 Å². The van der Waals surface area contributed by atoms with E-state index in [1.54, 1.807) is 47.4 Å². The van der Waals surface area contributed by atoms with Gasteiger partial charge in [0.15, 0.2) is 0 Å². The third-order valence-corrected chi connectivity index (χ3v) is 4.43. The highest BCUT2D eigenvalue weighted by Gasteiger charge is 2.21. The minimum atomic E-state index is -0.433. The van der Waals surface area contributed by atoms with Crippen molar-refractivity contribution in [1.29, 1.82) is 0 Å². The zero-order valence-corrected chi connectivity index (χ0v) is 16.7. The predicted octanol–water partition coefficient (Wildman–Crippen LogP) is 5.37. The van der Waals surface area contributed by atoms with Crippen molar-refractivity contribution in [1.82, 2.24) is 19.9 Å². The van der Waals surface area contributed by atoms with Gasteiger partial charge in [-0.25, -0.2) is 4.39 Å². The van der Waals surface area contributed by atoms with Crippen LogP contribution in [0.15, 0.2) is 59.5 Å². The standard InChI is InChI=1S/C22H21FN4O2/c1-22(2,3)21-11-20(26-29-21)17-6-5-15(9-18(17)23)28-16-7-8-24-19(10-16)14-12-25-27(4)13-14/h5-13H,1-4H3. The van der Waals surface area contributed by atoms with Crippen molar-refractivity contribution in [3.63, 3.8) is 0 Å². The second kappa shape index (κ2) is 7.16. The van der Waals surface area contributed by atoms with Crippen LogP contribution >= 0.6 is 0 Å². The van der Waals surface area contributed by atoms with Crippen LogP contribution in [0, 0.1) is 5.82 Å². The first kappa shape index (κ1) is 18.9. The zero-order valence-electron chi connectivity index (χ0n) is 16.7. The maximum atomic E-state index is 14.7. The number of nitrogens with zero attached hydrogens (tertiary/aromatic N) is 4. The molecular weight excluding hydrogens is 371 g/mol. The van der Waals surface area contributed by atoms with Crippen LogP contribution in [0.1, 0.15) is 26.5 Å². The van der Waals surface area contributed by atoms with Gasteiger partial charge in [-0.05, 0) is 18.2 Å². The fraction of sp³-hybridized carbons (Fsp3) is 0.227. The van der Waals surface area contributed by atoms with Gasteiger partial charge >= 0.3 is 0 Å². The monoisotopic (exact) mass is 392 g/mol. The van der Waals surface area contributed by atoms with Gasteiger partial charge < -0.3 is 9.26 Å². The third kappa shape index (κ3) is 4.03. The highest BCUT2D eigenvalue weighted by molar-refractivity contribution is 5.62. The Labute approximate surface area is 167 Å². The van der Waals surface area contributed by atoms with Gasteiger partial charge in [0.2, 0.25) is 0 Å². The van der Waals surface area contributed by atoms with E-state index in [0.717, 1.165) is 11.3 Å². The molecule has 0 bridgehead atoms. The van der Waals surface area contributed by atoms with Crippen molar-refractivity contribution in [3.05, 3.63) is 66.6 Å². The zero-order chi connectivity index (χ0) is 20.6. The molecule has 6 nitrogen and oxygen atoms in total. The van der Waals surface area contributed by atoms with Crippen LogP contribution in [-0.2, 0) is 12.5 Å². The average Bonchev–Trinajstić information content (AvgIpc) is 3.31. The summed E-state index contributed by atoms with van der Waals surface area (Å²) in [4.78, 5) is 4.33. The van der Waals surface area contributed by atoms with E-state index in [2.05, 4.69) is 15.2 Å². The maximum Gasteiger partial charge on any atom is 0.142 e. The summed E-state index contributed by atoms with van der Waals surface area (Å²) in [6.45, 7) is 6.04. The topological polar surface area (TPSA) is 66.0 Å². The number of benzene rings is 1. The lowest BCUT2D eigenvalue weighted by atomic mass is 9.93. The lowest BCUT2D eigenvalue weighted by Crippen LogP contribution is -2.09. The summed E-state index contributed by atoms with van der Waals surface area (Å²) in [5.41, 5.74) is 2.23. The molecule has 0 fully saturated rings. The van der Waals surface area contributed by atoms with Crippen LogP contribution < -0.4 is 4.74 Å². The largest absolute Gasteiger partial charge is 0.457 e. The van der Waals surface area contributed by atoms with Crippen LogP contribution in [0.5, 0.6) is 11.5 Å². The quantitative estimate of drug-likeness (QED) is 0.467. The summed E-state index contributed by atoms with van der Waals surface area (Å²) >= 11 is 0. The molecule has 0 unspecified atom stereocenters. The molecule has 0 N–H and O–H groups in total. The van der Waals surface area contributed by atoms with Crippen LogP contribution in [0.2, 0.25) is 0 Å². The van der Waals surface area contributed by atoms with Crippen molar-refractivity contribution >= 4 is 0 Å². The Kier molecular flexibility index (Phi) is 4.66. The van der Waals surface area contributed by atoms with Crippen molar-refractivity contribution < 1.29 is 13.7 Å². The Balaban J connectivity index is 1.57. The van der Waals surface area contributed by atoms with Crippen molar-refractivity contribution in [3.8, 4) is 34.0 Å². The number of hydrogen-bond acceptors (Lipinski definition) is 5. The summed E-state index contributed by atoms with van der Waals surface area (Å²) in [5.74, 6) is 1.21. The van der Waals surface area contributed by atoms with Gasteiger partial charge in [0, 0.05) is 54.2 Å². The number of pyridine rings is 1. The molecule has 0 spiro atoms.